The molecular weight excluding hydrogens is 436 g/mol. The van der Waals surface area contributed by atoms with Gasteiger partial charge in [-0.25, -0.2) is 0 Å². The molecule has 36 heavy (non-hydrogen) atoms. The number of rotatable bonds is 2. The van der Waals surface area contributed by atoms with E-state index in [1.54, 1.807) is 0 Å². The molecule has 0 spiro atoms. The maximum absolute atomic E-state index is 3.54. The predicted octanol–water partition coefficient (Wildman–Crippen LogP) is 9.24. The van der Waals surface area contributed by atoms with Crippen molar-refractivity contribution in [3.05, 3.63) is 127 Å². The van der Waals surface area contributed by atoms with Gasteiger partial charge in [0.15, 0.2) is 0 Å². The van der Waals surface area contributed by atoms with Crippen molar-refractivity contribution in [3.8, 4) is 16.8 Å². The fourth-order valence-electron chi connectivity index (χ4n) is 5.84. The highest BCUT2D eigenvalue weighted by Gasteiger charge is 2.15. The van der Waals surface area contributed by atoms with Gasteiger partial charge in [0.25, 0.3) is 0 Å². The summed E-state index contributed by atoms with van der Waals surface area (Å²) in [4.78, 5) is 3.54. The summed E-state index contributed by atoms with van der Waals surface area (Å²) >= 11 is 0. The first-order valence-corrected chi connectivity index (χ1v) is 12.4. The first kappa shape index (κ1) is 19.5. The quantitative estimate of drug-likeness (QED) is 0.266. The fourth-order valence-corrected chi connectivity index (χ4v) is 5.84. The number of hydrogen-bond donors (Lipinski definition) is 1. The highest BCUT2D eigenvalue weighted by atomic mass is 15.0. The van der Waals surface area contributed by atoms with Crippen LogP contribution >= 0.6 is 0 Å². The Morgan fingerprint density at radius 2 is 1.06 bits per heavy atom. The molecular formula is C34H22N2. The van der Waals surface area contributed by atoms with Crippen molar-refractivity contribution in [2.75, 3.05) is 0 Å². The zero-order valence-electron chi connectivity index (χ0n) is 19.6. The van der Waals surface area contributed by atoms with Crippen molar-refractivity contribution in [1.82, 2.24) is 9.55 Å². The molecule has 0 saturated carbocycles. The number of para-hydroxylation sites is 2. The molecule has 0 saturated heterocycles. The van der Waals surface area contributed by atoms with Crippen LogP contribution in [0.25, 0.3) is 71.2 Å². The molecule has 2 nitrogen and oxygen atoms in total. The maximum atomic E-state index is 3.54. The van der Waals surface area contributed by atoms with E-state index in [2.05, 4.69) is 137 Å². The van der Waals surface area contributed by atoms with E-state index < -0.39 is 0 Å². The standard InChI is InChI=1S/C34H22N2/c1-2-10-25-22(8-1)9-7-15-32(25)36-33-14-6-4-12-27(33)29-21-24(17-19-34(29)36)23-16-18-31-28(20-23)26-11-3-5-13-30(26)35-31/h1-21,35H. The number of H-pyrrole nitrogens is 1. The maximum Gasteiger partial charge on any atom is 0.0541 e. The Balaban J connectivity index is 1.40. The molecule has 8 rings (SSSR count). The molecule has 1 N–H and O–H groups in total. The van der Waals surface area contributed by atoms with Crippen molar-refractivity contribution < 1.29 is 0 Å². The van der Waals surface area contributed by atoms with E-state index >= 15 is 0 Å². The van der Waals surface area contributed by atoms with Crippen molar-refractivity contribution in [1.29, 1.82) is 0 Å². The summed E-state index contributed by atoms with van der Waals surface area (Å²) in [6.07, 6.45) is 0. The average Bonchev–Trinajstić information content (AvgIpc) is 3.47. The van der Waals surface area contributed by atoms with Gasteiger partial charge in [-0.3, -0.25) is 0 Å². The first-order chi connectivity index (χ1) is 17.8. The monoisotopic (exact) mass is 458 g/mol. The molecule has 0 aliphatic carbocycles. The van der Waals surface area contributed by atoms with E-state index in [-0.39, 0.29) is 0 Å². The van der Waals surface area contributed by atoms with Crippen molar-refractivity contribution >= 4 is 54.4 Å². The second-order valence-corrected chi connectivity index (χ2v) is 9.51. The minimum absolute atomic E-state index is 1.17. The van der Waals surface area contributed by atoms with Gasteiger partial charge in [0, 0.05) is 38.0 Å². The minimum atomic E-state index is 1.17. The largest absolute Gasteiger partial charge is 0.355 e. The summed E-state index contributed by atoms with van der Waals surface area (Å²) in [5.41, 5.74) is 8.49. The second kappa shape index (κ2) is 7.34. The minimum Gasteiger partial charge on any atom is -0.355 e. The van der Waals surface area contributed by atoms with Crippen LogP contribution in [0.2, 0.25) is 0 Å². The third kappa shape index (κ3) is 2.73. The molecule has 2 aromatic heterocycles. The molecule has 0 amide bonds. The van der Waals surface area contributed by atoms with Crippen molar-refractivity contribution in [2.24, 2.45) is 0 Å². The van der Waals surface area contributed by atoms with Crippen LogP contribution in [0.1, 0.15) is 0 Å². The van der Waals surface area contributed by atoms with Gasteiger partial charge in [0.1, 0.15) is 0 Å². The topological polar surface area (TPSA) is 20.7 Å². The molecule has 2 heteroatoms. The number of hydrogen-bond acceptors (Lipinski definition) is 0. The van der Waals surface area contributed by atoms with Gasteiger partial charge in [0.05, 0.1) is 16.7 Å². The van der Waals surface area contributed by atoms with Crippen LogP contribution in [0.5, 0.6) is 0 Å². The fraction of sp³-hybridized carbons (Fsp3) is 0. The van der Waals surface area contributed by atoms with Crippen LogP contribution in [-0.4, -0.2) is 9.55 Å². The van der Waals surface area contributed by atoms with E-state index in [1.165, 1.54) is 71.2 Å². The lowest BCUT2D eigenvalue weighted by molar-refractivity contribution is 1.20. The Hall–Kier alpha value is -4.82. The van der Waals surface area contributed by atoms with Gasteiger partial charge in [-0.15, -0.1) is 0 Å². The molecule has 0 aliphatic rings. The molecule has 168 valence electrons. The third-order valence-electron chi connectivity index (χ3n) is 7.52. The lowest BCUT2D eigenvalue weighted by Gasteiger charge is -2.11. The number of aromatic amines is 1. The van der Waals surface area contributed by atoms with Crippen molar-refractivity contribution in [2.45, 2.75) is 0 Å². The van der Waals surface area contributed by atoms with Gasteiger partial charge >= 0.3 is 0 Å². The Morgan fingerprint density at radius 3 is 1.97 bits per heavy atom. The van der Waals surface area contributed by atoms with E-state index in [9.17, 15) is 0 Å². The normalized spacial score (nSPS) is 11.9. The van der Waals surface area contributed by atoms with Crippen molar-refractivity contribution in [3.63, 3.8) is 0 Å². The molecule has 2 heterocycles. The molecule has 0 aliphatic heterocycles. The van der Waals surface area contributed by atoms with E-state index in [0.29, 0.717) is 0 Å². The van der Waals surface area contributed by atoms with E-state index in [1.807, 2.05) is 0 Å². The summed E-state index contributed by atoms with van der Waals surface area (Å²) in [6, 6.07) is 46.1. The number of nitrogens with one attached hydrogen (secondary N) is 1. The predicted molar refractivity (Wildman–Crippen MR) is 153 cm³/mol. The molecule has 0 fully saturated rings. The van der Waals surface area contributed by atoms with Gasteiger partial charge < -0.3 is 9.55 Å². The van der Waals surface area contributed by atoms with Crippen LogP contribution in [0.15, 0.2) is 127 Å². The Morgan fingerprint density at radius 1 is 0.417 bits per heavy atom. The first-order valence-electron chi connectivity index (χ1n) is 12.4. The van der Waals surface area contributed by atoms with Gasteiger partial charge in [0.2, 0.25) is 0 Å². The number of aromatic nitrogens is 2. The summed E-state index contributed by atoms with van der Waals surface area (Å²) in [6.45, 7) is 0. The summed E-state index contributed by atoms with van der Waals surface area (Å²) in [7, 11) is 0. The molecule has 0 atom stereocenters. The molecule has 6 aromatic carbocycles. The zero-order chi connectivity index (χ0) is 23.6. The van der Waals surface area contributed by atoms with Gasteiger partial charge in [-0.05, 0) is 59.0 Å². The number of fused-ring (bicyclic) bond motifs is 7. The van der Waals surface area contributed by atoms with E-state index in [4.69, 9.17) is 0 Å². The van der Waals surface area contributed by atoms with Crippen LogP contribution in [0.4, 0.5) is 0 Å². The van der Waals surface area contributed by atoms with E-state index in [0.717, 1.165) is 0 Å². The summed E-state index contributed by atoms with van der Waals surface area (Å²) < 4.78 is 2.42. The smallest absolute Gasteiger partial charge is 0.0541 e. The van der Waals surface area contributed by atoms with Crippen LogP contribution in [0, 0.1) is 0 Å². The molecule has 0 unspecified atom stereocenters. The Kier molecular flexibility index (Phi) is 3.97. The zero-order valence-corrected chi connectivity index (χ0v) is 19.6. The number of benzene rings is 6. The van der Waals surface area contributed by atoms with Crippen LogP contribution < -0.4 is 0 Å². The molecule has 0 radical (unpaired) electrons. The van der Waals surface area contributed by atoms with Crippen LogP contribution in [-0.2, 0) is 0 Å². The highest BCUT2D eigenvalue weighted by molar-refractivity contribution is 6.12. The molecule has 0 bridgehead atoms. The summed E-state index contributed by atoms with van der Waals surface area (Å²) in [5.74, 6) is 0. The lowest BCUT2D eigenvalue weighted by atomic mass is 10.0. The van der Waals surface area contributed by atoms with Gasteiger partial charge in [-0.2, -0.15) is 0 Å². The average molecular weight is 459 g/mol. The van der Waals surface area contributed by atoms with Gasteiger partial charge in [-0.1, -0.05) is 84.9 Å². The third-order valence-corrected chi connectivity index (χ3v) is 7.52. The number of nitrogens with zero attached hydrogens (tertiary/aromatic N) is 1. The lowest BCUT2D eigenvalue weighted by Crippen LogP contribution is -1.95. The Bertz CT molecular complexity index is 2100. The Labute approximate surface area is 208 Å². The highest BCUT2D eigenvalue weighted by Crippen LogP contribution is 2.37. The SMILES string of the molecule is c1ccc2c(-n3c4ccccc4c4cc(-c5ccc6[nH]c7ccccc7c6c5)ccc43)cccc2c1. The van der Waals surface area contributed by atoms with Crippen LogP contribution in [0.3, 0.4) is 0 Å². The molecule has 8 aromatic rings. The second-order valence-electron chi connectivity index (χ2n) is 9.51. The summed E-state index contributed by atoms with van der Waals surface area (Å²) in [5, 5.41) is 7.59.